The third kappa shape index (κ3) is 23.5. The molecule has 0 aliphatic carbocycles. The van der Waals surface area contributed by atoms with Crippen LogP contribution in [0.15, 0.2) is 109 Å². The fraction of sp³-hybridized carbons (Fsp3) is 0.544. The molecule has 0 aromatic heterocycles. The molecule has 0 radical (unpaired) electrons. The number of amides is 2. The van der Waals surface area contributed by atoms with E-state index in [9.17, 15) is 9.59 Å². The van der Waals surface area contributed by atoms with Crippen LogP contribution in [0.3, 0.4) is 0 Å². The predicted molar refractivity (Wildman–Crippen MR) is 289 cm³/mol. The van der Waals surface area contributed by atoms with Crippen LogP contribution in [0, 0.1) is 0 Å². The Hall–Kier alpha value is -4.90. The van der Waals surface area contributed by atoms with Crippen LogP contribution in [0.2, 0.25) is 0 Å². The molecule has 71 heavy (non-hydrogen) atoms. The molecule has 2 aliphatic rings. The van der Waals surface area contributed by atoms with E-state index in [4.69, 9.17) is 9.47 Å². The number of rotatable bonds is 20. The van der Waals surface area contributed by atoms with Gasteiger partial charge in [-0.1, -0.05) is 84.9 Å². The molecule has 14 nitrogen and oxygen atoms in total. The third-order valence-corrected chi connectivity index (χ3v) is 13.2. The van der Waals surface area contributed by atoms with Crippen molar-refractivity contribution in [3.05, 3.63) is 131 Å². The first-order valence-electron chi connectivity index (χ1n) is 26.8. The van der Waals surface area contributed by atoms with Gasteiger partial charge in [-0.05, 0) is 144 Å². The van der Waals surface area contributed by atoms with Gasteiger partial charge in [-0.25, -0.2) is 0 Å². The Morgan fingerprint density at radius 1 is 0.394 bits per heavy atom. The van der Waals surface area contributed by atoms with Gasteiger partial charge in [0.2, 0.25) is 11.8 Å². The smallest absolute Gasteiger partial charge is 0.236 e. The lowest BCUT2D eigenvalue weighted by atomic mass is 10.0. The van der Waals surface area contributed by atoms with Crippen LogP contribution >= 0.6 is 0 Å². The number of carbonyl (C=O) groups is 2. The minimum atomic E-state index is 0.149. The molecule has 4 aromatic carbocycles. The summed E-state index contributed by atoms with van der Waals surface area (Å²) in [6.45, 7) is 19.0. The molecule has 0 atom stereocenters. The van der Waals surface area contributed by atoms with Gasteiger partial charge in [-0.15, -0.1) is 0 Å². The number of nitrogens with one attached hydrogen (secondary N) is 6. The maximum Gasteiger partial charge on any atom is 0.236 e. The van der Waals surface area contributed by atoms with E-state index in [0.29, 0.717) is 52.5 Å². The van der Waals surface area contributed by atoms with Crippen molar-refractivity contribution in [2.75, 3.05) is 157 Å². The lowest BCUT2D eigenvalue weighted by Gasteiger charge is -2.28. The number of carbonyl (C=O) groups excluding carboxylic acids is 2. The molecular weight excluding hydrogens is 889 g/mol. The molecule has 6 N–H and O–H groups in total. The van der Waals surface area contributed by atoms with Crippen molar-refractivity contribution in [1.29, 1.82) is 0 Å². The van der Waals surface area contributed by atoms with Gasteiger partial charge in [0.15, 0.2) is 0 Å². The summed E-state index contributed by atoms with van der Waals surface area (Å²) >= 11 is 0. The summed E-state index contributed by atoms with van der Waals surface area (Å²) in [6.07, 6.45) is 6.59. The zero-order valence-corrected chi connectivity index (χ0v) is 42.7. The molecule has 0 unspecified atom stereocenters. The van der Waals surface area contributed by atoms with Crippen LogP contribution < -0.4 is 41.4 Å². The van der Waals surface area contributed by atoms with Gasteiger partial charge in [0.25, 0.3) is 0 Å². The third-order valence-electron chi connectivity index (χ3n) is 13.2. The molecule has 2 fully saturated rings. The highest BCUT2D eigenvalue weighted by molar-refractivity contribution is 5.78. The van der Waals surface area contributed by atoms with Crippen molar-refractivity contribution in [1.82, 2.24) is 51.5 Å². The molecule has 2 aliphatic heterocycles. The Balaban J connectivity index is 0.961. The van der Waals surface area contributed by atoms with Gasteiger partial charge in [-0.3, -0.25) is 19.4 Å². The number of benzene rings is 4. The largest absolute Gasteiger partial charge is 0.492 e. The normalized spacial score (nSPS) is 17.0. The molecule has 388 valence electrons. The highest BCUT2D eigenvalue weighted by Crippen LogP contribution is 2.19. The Bertz CT molecular complexity index is 1820. The zero-order valence-electron chi connectivity index (χ0n) is 42.7. The SMILES string of the molecule is O=C(CN1CCCNCCNCCCNCC1)N(CCOc1ccc(Cc2ccc(OCCN(CCc3ccccc3)C(=O)CN3CCCNCCNCCCNCC3)cc2)cc1)CCc1ccccc1. The molecule has 6 rings (SSSR count). The Labute approximate surface area is 426 Å². The maximum atomic E-state index is 13.9. The molecular formula is C57H86N10O4. The van der Waals surface area contributed by atoms with Crippen molar-refractivity contribution in [3.63, 3.8) is 0 Å². The van der Waals surface area contributed by atoms with Crippen molar-refractivity contribution >= 4 is 11.8 Å². The maximum absolute atomic E-state index is 13.9. The van der Waals surface area contributed by atoms with Crippen molar-refractivity contribution in [3.8, 4) is 11.5 Å². The van der Waals surface area contributed by atoms with Crippen molar-refractivity contribution in [2.45, 2.75) is 44.9 Å². The van der Waals surface area contributed by atoms with Gasteiger partial charge >= 0.3 is 0 Å². The van der Waals surface area contributed by atoms with E-state index in [0.717, 1.165) is 161 Å². The fourth-order valence-electron chi connectivity index (χ4n) is 8.96. The number of hydrogen-bond acceptors (Lipinski definition) is 12. The summed E-state index contributed by atoms with van der Waals surface area (Å²) in [6, 6.07) is 37.4. The van der Waals surface area contributed by atoms with Crippen LogP contribution in [-0.4, -0.2) is 189 Å². The molecule has 4 aromatic rings. The average Bonchev–Trinajstić information content (AvgIpc) is 3.39. The second kappa shape index (κ2) is 34.5. The molecule has 14 heteroatoms. The van der Waals surface area contributed by atoms with Gasteiger partial charge in [0, 0.05) is 65.4 Å². The lowest BCUT2D eigenvalue weighted by molar-refractivity contribution is -0.133. The topological polar surface area (TPSA) is 138 Å². The quantitative estimate of drug-likeness (QED) is 0.0767. The first-order valence-corrected chi connectivity index (χ1v) is 26.8. The summed E-state index contributed by atoms with van der Waals surface area (Å²) in [5.41, 5.74) is 4.82. The van der Waals surface area contributed by atoms with Crippen LogP contribution in [0.5, 0.6) is 11.5 Å². The monoisotopic (exact) mass is 975 g/mol. The molecule has 0 saturated carbocycles. The zero-order chi connectivity index (χ0) is 49.2. The predicted octanol–water partition coefficient (Wildman–Crippen LogP) is 3.91. The second-order valence-corrected chi connectivity index (χ2v) is 18.9. The summed E-state index contributed by atoms with van der Waals surface area (Å²) < 4.78 is 12.5. The minimum absolute atomic E-state index is 0.149. The summed E-state index contributed by atoms with van der Waals surface area (Å²) in [7, 11) is 0. The van der Waals surface area contributed by atoms with Crippen LogP contribution in [0.4, 0.5) is 0 Å². The minimum Gasteiger partial charge on any atom is -0.492 e. The highest BCUT2D eigenvalue weighted by atomic mass is 16.5. The molecule has 0 spiro atoms. The molecule has 2 saturated heterocycles. The summed E-state index contributed by atoms with van der Waals surface area (Å²) in [5.74, 6) is 1.89. The number of ether oxygens (including phenoxy) is 2. The average molecular weight is 975 g/mol. The van der Waals surface area contributed by atoms with E-state index in [1.54, 1.807) is 0 Å². The summed E-state index contributed by atoms with van der Waals surface area (Å²) in [5, 5.41) is 21.2. The first-order chi connectivity index (χ1) is 35.1. The molecule has 0 bridgehead atoms. The lowest BCUT2D eigenvalue weighted by Crippen LogP contribution is -2.45. The fourth-order valence-corrected chi connectivity index (χ4v) is 8.96. The van der Waals surface area contributed by atoms with Crippen molar-refractivity contribution in [2.24, 2.45) is 0 Å². The Morgan fingerprint density at radius 3 is 1.15 bits per heavy atom. The van der Waals surface area contributed by atoms with Gasteiger partial charge < -0.3 is 51.2 Å². The van der Waals surface area contributed by atoms with Gasteiger partial charge in [-0.2, -0.15) is 0 Å². The van der Waals surface area contributed by atoms with E-state index in [-0.39, 0.29) is 11.8 Å². The van der Waals surface area contributed by atoms with Crippen LogP contribution in [0.25, 0.3) is 0 Å². The Kier molecular flexibility index (Phi) is 26.9. The van der Waals surface area contributed by atoms with E-state index < -0.39 is 0 Å². The molecule has 2 amide bonds. The van der Waals surface area contributed by atoms with Gasteiger partial charge in [0.1, 0.15) is 24.7 Å². The number of nitrogens with zero attached hydrogens (tertiary/aromatic N) is 4. The second-order valence-electron chi connectivity index (χ2n) is 18.9. The number of hydrogen-bond donors (Lipinski definition) is 6. The van der Waals surface area contributed by atoms with E-state index in [1.807, 2.05) is 46.2 Å². The summed E-state index contributed by atoms with van der Waals surface area (Å²) in [4.78, 5) is 36.5. The van der Waals surface area contributed by atoms with Crippen LogP contribution in [-0.2, 0) is 28.9 Å². The molecule has 2 heterocycles. The first kappa shape index (κ1) is 55.4. The highest BCUT2D eigenvalue weighted by Gasteiger charge is 2.20. The Morgan fingerprint density at radius 2 is 0.761 bits per heavy atom. The van der Waals surface area contributed by atoms with E-state index in [1.165, 1.54) is 22.3 Å². The van der Waals surface area contributed by atoms with Crippen LogP contribution in [0.1, 0.15) is 47.9 Å². The van der Waals surface area contributed by atoms with E-state index >= 15 is 0 Å². The standard InChI is InChI=1S/C57H86N10O4/c68-56(48-64-37-9-29-60-33-31-58-25-7-27-62-35-41-64)66(39-23-50-11-3-1-4-12-50)43-45-70-54-19-15-52(16-20-54)47-53-17-21-55(22-18-53)71-46-44-67(40-24-51-13-5-2-6-14-51)57(69)49-65-38-10-30-61-34-32-59-26-8-28-63-36-42-65/h1-6,11-22,58-63H,7-10,23-49H2. The van der Waals surface area contributed by atoms with E-state index in [2.05, 4.69) is 114 Å². The van der Waals surface area contributed by atoms with Gasteiger partial charge in [0.05, 0.1) is 26.2 Å². The van der Waals surface area contributed by atoms with Crippen molar-refractivity contribution < 1.29 is 19.1 Å².